The first-order valence-electron chi connectivity index (χ1n) is 9.07. The van der Waals surface area contributed by atoms with Crippen molar-refractivity contribution in [1.29, 1.82) is 0 Å². The zero-order chi connectivity index (χ0) is 21.1. The Morgan fingerprint density at radius 2 is 2.07 bits per heavy atom. The third-order valence-corrected chi connectivity index (χ3v) is 4.51. The van der Waals surface area contributed by atoms with Crippen LogP contribution in [0, 0.1) is 10.1 Å². The SMILES string of the molecule is O=C1Cc2cc(CNC(=O)c3cccnc3Oc3cccc([N+](=O)[O-])c3)ccc2N1. The maximum atomic E-state index is 12.7. The van der Waals surface area contributed by atoms with Crippen LogP contribution in [0.1, 0.15) is 21.5 Å². The number of benzene rings is 2. The zero-order valence-electron chi connectivity index (χ0n) is 15.6. The maximum Gasteiger partial charge on any atom is 0.273 e. The molecule has 0 unspecified atom stereocenters. The number of nitro benzene ring substituents is 1. The van der Waals surface area contributed by atoms with Crippen LogP contribution in [0.4, 0.5) is 11.4 Å². The van der Waals surface area contributed by atoms with E-state index in [2.05, 4.69) is 15.6 Å². The van der Waals surface area contributed by atoms with Crippen LogP contribution in [0.2, 0.25) is 0 Å². The molecule has 2 heterocycles. The zero-order valence-corrected chi connectivity index (χ0v) is 15.6. The first kappa shape index (κ1) is 19.1. The number of nitrogens with zero attached hydrogens (tertiary/aromatic N) is 2. The van der Waals surface area contributed by atoms with Crippen molar-refractivity contribution in [1.82, 2.24) is 10.3 Å². The van der Waals surface area contributed by atoms with Crippen LogP contribution in [0.3, 0.4) is 0 Å². The summed E-state index contributed by atoms with van der Waals surface area (Å²) < 4.78 is 5.62. The molecule has 0 atom stereocenters. The number of rotatable bonds is 6. The molecule has 3 aromatic rings. The van der Waals surface area contributed by atoms with Gasteiger partial charge in [-0.1, -0.05) is 18.2 Å². The number of carbonyl (C=O) groups is 2. The number of nitrogens with one attached hydrogen (secondary N) is 2. The molecule has 1 aliphatic heterocycles. The fourth-order valence-electron chi connectivity index (χ4n) is 3.09. The van der Waals surface area contributed by atoms with E-state index in [1.165, 1.54) is 24.4 Å². The standard InChI is InChI=1S/C21H16N4O5/c26-19-10-14-9-13(6-7-18(14)24-19)12-23-20(27)17-5-2-8-22-21(17)30-16-4-1-3-15(11-16)25(28)29/h1-9,11H,10,12H2,(H,23,27)(H,24,26). The van der Waals surface area contributed by atoms with Gasteiger partial charge in [0.25, 0.3) is 11.6 Å². The quantitative estimate of drug-likeness (QED) is 0.480. The van der Waals surface area contributed by atoms with E-state index in [4.69, 9.17) is 4.74 Å². The second-order valence-electron chi connectivity index (χ2n) is 6.61. The van der Waals surface area contributed by atoms with E-state index in [0.29, 0.717) is 6.42 Å². The van der Waals surface area contributed by atoms with Gasteiger partial charge in [-0.3, -0.25) is 19.7 Å². The molecule has 0 saturated carbocycles. The Hall–Kier alpha value is -4.27. The van der Waals surface area contributed by atoms with Crippen molar-refractivity contribution in [2.24, 2.45) is 0 Å². The van der Waals surface area contributed by atoms with Crippen molar-refractivity contribution >= 4 is 23.2 Å². The van der Waals surface area contributed by atoms with E-state index in [0.717, 1.165) is 16.8 Å². The summed E-state index contributed by atoms with van der Waals surface area (Å²) >= 11 is 0. The molecule has 0 fully saturated rings. The Kier molecular flexibility index (Phi) is 5.08. The minimum atomic E-state index is -0.529. The number of carbonyl (C=O) groups excluding carboxylic acids is 2. The molecule has 150 valence electrons. The number of anilines is 1. The molecule has 9 heteroatoms. The predicted molar refractivity (Wildman–Crippen MR) is 107 cm³/mol. The lowest BCUT2D eigenvalue weighted by Gasteiger charge is -2.11. The molecule has 0 spiro atoms. The monoisotopic (exact) mass is 404 g/mol. The van der Waals surface area contributed by atoms with Crippen LogP contribution in [0.25, 0.3) is 0 Å². The summed E-state index contributed by atoms with van der Waals surface area (Å²) in [6.45, 7) is 0.255. The molecular formula is C21H16N4O5. The molecule has 30 heavy (non-hydrogen) atoms. The van der Waals surface area contributed by atoms with Crippen LogP contribution in [0.15, 0.2) is 60.8 Å². The van der Waals surface area contributed by atoms with Crippen molar-refractivity contribution in [3.8, 4) is 11.6 Å². The molecule has 0 saturated heterocycles. The fraction of sp³-hybridized carbons (Fsp3) is 0.0952. The molecule has 2 amide bonds. The van der Waals surface area contributed by atoms with E-state index < -0.39 is 10.8 Å². The van der Waals surface area contributed by atoms with Crippen LogP contribution in [-0.2, 0) is 17.8 Å². The van der Waals surface area contributed by atoms with Crippen molar-refractivity contribution in [3.63, 3.8) is 0 Å². The first-order chi connectivity index (χ1) is 14.5. The molecule has 0 aliphatic carbocycles. The number of ether oxygens (including phenoxy) is 1. The average Bonchev–Trinajstić information content (AvgIpc) is 3.12. The normalized spacial score (nSPS) is 12.1. The minimum absolute atomic E-state index is 0.0410. The van der Waals surface area contributed by atoms with Crippen molar-refractivity contribution in [3.05, 3.63) is 87.6 Å². The highest BCUT2D eigenvalue weighted by molar-refractivity contribution is 5.99. The third kappa shape index (κ3) is 4.09. The number of nitro groups is 1. The van der Waals surface area contributed by atoms with E-state index in [-0.39, 0.29) is 35.3 Å². The van der Waals surface area contributed by atoms with Gasteiger partial charge in [-0.15, -0.1) is 0 Å². The van der Waals surface area contributed by atoms with Gasteiger partial charge in [0.2, 0.25) is 11.8 Å². The number of amides is 2. The van der Waals surface area contributed by atoms with Gasteiger partial charge in [0.05, 0.1) is 17.4 Å². The number of hydrogen-bond donors (Lipinski definition) is 2. The fourth-order valence-corrected chi connectivity index (χ4v) is 3.09. The minimum Gasteiger partial charge on any atom is -0.438 e. The molecule has 9 nitrogen and oxygen atoms in total. The van der Waals surface area contributed by atoms with Gasteiger partial charge in [0.1, 0.15) is 11.3 Å². The van der Waals surface area contributed by atoms with E-state index in [1.54, 1.807) is 18.2 Å². The van der Waals surface area contributed by atoms with Gasteiger partial charge in [0.15, 0.2) is 0 Å². The number of pyridine rings is 1. The molecular weight excluding hydrogens is 388 g/mol. The molecule has 0 radical (unpaired) electrons. The number of aromatic nitrogens is 1. The summed E-state index contributed by atoms with van der Waals surface area (Å²) in [6.07, 6.45) is 1.79. The highest BCUT2D eigenvalue weighted by Gasteiger charge is 2.18. The Morgan fingerprint density at radius 1 is 1.20 bits per heavy atom. The second kappa shape index (κ2) is 8.00. The lowest BCUT2D eigenvalue weighted by Crippen LogP contribution is -2.23. The van der Waals surface area contributed by atoms with E-state index in [1.807, 2.05) is 18.2 Å². The van der Waals surface area contributed by atoms with E-state index in [9.17, 15) is 19.7 Å². The van der Waals surface area contributed by atoms with Gasteiger partial charge < -0.3 is 15.4 Å². The molecule has 1 aromatic heterocycles. The highest BCUT2D eigenvalue weighted by atomic mass is 16.6. The van der Waals surface area contributed by atoms with Crippen LogP contribution in [-0.4, -0.2) is 21.7 Å². The third-order valence-electron chi connectivity index (χ3n) is 4.51. The summed E-state index contributed by atoms with van der Waals surface area (Å²) in [5.41, 5.74) is 2.60. The Morgan fingerprint density at radius 3 is 2.90 bits per heavy atom. The van der Waals surface area contributed by atoms with Crippen LogP contribution < -0.4 is 15.4 Å². The summed E-state index contributed by atoms with van der Waals surface area (Å²) in [7, 11) is 0. The molecule has 0 bridgehead atoms. The van der Waals surface area contributed by atoms with Gasteiger partial charge in [-0.05, 0) is 35.4 Å². The molecule has 4 rings (SSSR count). The number of non-ortho nitro benzene ring substituents is 1. The van der Waals surface area contributed by atoms with Crippen LogP contribution >= 0.6 is 0 Å². The average molecular weight is 404 g/mol. The number of fused-ring (bicyclic) bond motifs is 1. The lowest BCUT2D eigenvalue weighted by molar-refractivity contribution is -0.384. The lowest BCUT2D eigenvalue weighted by atomic mass is 10.1. The predicted octanol–water partition coefficient (Wildman–Crippen LogP) is 3.21. The van der Waals surface area contributed by atoms with Gasteiger partial charge in [-0.25, -0.2) is 4.98 Å². The van der Waals surface area contributed by atoms with Gasteiger partial charge in [0, 0.05) is 24.5 Å². The summed E-state index contributed by atoms with van der Waals surface area (Å²) in [5.74, 6) is -0.213. The Bertz CT molecular complexity index is 1160. The first-order valence-corrected chi connectivity index (χ1v) is 9.07. The summed E-state index contributed by atoms with van der Waals surface area (Å²) in [4.78, 5) is 38.6. The van der Waals surface area contributed by atoms with Crippen LogP contribution in [0.5, 0.6) is 11.6 Å². The summed E-state index contributed by atoms with van der Waals surface area (Å²) in [6, 6.07) is 14.3. The number of hydrogen-bond acceptors (Lipinski definition) is 6. The Labute approximate surface area is 170 Å². The van der Waals surface area contributed by atoms with Crippen molar-refractivity contribution < 1.29 is 19.2 Å². The largest absolute Gasteiger partial charge is 0.438 e. The molecule has 2 aromatic carbocycles. The molecule has 2 N–H and O–H groups in total. The van der Waals surface area contributed by atoms with Crippen molar-refractivity contribution in [2.45, 2.75) is 13.0 Å². The summed E-state index contributed by atoms with van der Waals surface area (Å²) in [5, 5.41) is 16.5. The van der Waals surface area contributed by atoms with E-state index >= 15 is 0 Å². The van der Waals surface area contributed by atoms with Gasteiger partial charge in [-0.2, -0.15) is 0 Å². The Balaban J connectivity index is 1.47. The maximum absolute atomic E-state index is 12.7. The molecule has 1 aliphatic rings. The topological polar surface area (TPSA) is 123 Å². The van der Waals surface area contributed by atoms with Gasteiger partial charge >= 0.3 is 0 Å². The smallest absolute Gasteiger partial charge is 0.273 e. The second-order valence-corrected chi connectivity index (χ2v) is 6.61. The van der Waals surface area contributed by atoms with Crippen molar-refractivity contribution in [2.75, 3.05) is 5.32 Å². The highest BCUT2D eigenvalue weighted by Crippen LogP contribution is 2.27.